The van der Waals surface area contributed by atoms with Gasteiger partial charge < -0.3 is 5.73 Å². The molecule has 15 heavy (non-hydrogen) atoms. The van der Waals surface area contributed by atoms with Crippen molar-refractivity contribution >= 4 is 17.2 Å². The van der Waals surface area contributed by atoms with Gasteiger partial charge in [0.1, 0.15) is 0 Å². The highest BCUT2D eigenvalue weighted by atomic mass is 32.1. The maximum atomic E-state index is 5.84. The molecule has 1 saturated heterocycles. The van der Waals surface area contributed by atoms with Gasteiger partial charge in [-0.2, -0.15) is 0 Å². The zero-order valence-corrected chi connectivity index (χ0v) is 9.54. The summed E-state index contributed by atoms with van der Waals surface area (Å²) in [5.74, 6) is 0. The van der Waals surface area contributed by atoms with Gasteiger partial charge in [0, 0.05) is 0 Å². The van der Waals surface area contributed by atoms with Crippen molar-refractivity contribution in [1.82, 2.24) is 4.90 Å². The van der Waals surface area contributed by atoms with Gasteiger partial charge in [-0.25, -0.2) is 0 Å². The van der Waals surface area contributed by atoms with Crippen molar-refractivity contribution in [3.05, 3.63) is 35.9 Å². The minimum Gasteiger partial charge on any atom is -0.392 e. The van der Waals surface area contributed by atoms with E-state index in [-0.39, 0.29) is 6.04 Å². The standard InChI is InChI=1S/C12H16N2S/c13-12(15)11(14-8-4-5-9-14)10-6-2-1-3-7-10/h1-3,6-7,11H,4-5,8-9H2,(H2,13,15). The molecule has 2 N–H and O–H groups in total. The van der Waals surface area contributed by atoms with Crippen molar-refractivity contribution < 1.29 is 0 Å². The summed E-state index contributed by atoms with van der Waals surface area (Å²) in [7, 11) is 0. The Labute approximate surface area is 96.1 Å². The second-order valence-corrected chi connectivity index (χ2v) is 4.43. The first-order valence-corrected chi connectivity index (χ1v) is 5.78. The van der Waals surface area contributed by atoms with Crippen LogP contribution in [0.5, 0.6) is 0 Å². The molecule has 2 nitrogen and oxygen atoms in total. The summed E-state index contributed by atoms with van der Waals surface area (Å²) in [6.45, 7) is 2.22. The highest BCUT2D eigenvalue weighted by Gasteiger charge is 2.25. The number of thiocarbonyl (C=S) groups is 1. The number of benzene rings is 1. The van der Waals surface area contributed by atoms with Crippen LogP contribution in [0.1, 0.15) is 24.4 Å². The van der Waals surface area contributed by atoms with E-state index in [9.17, 15) is 0 Å². The Kier molecular flexibility index (Phi) is 3.34. The van der Waals surface area contributed by atoms with Crippen LogP contribution in [-0.2, 0) is 0 Å². The Hall–Kier alpha value is -0.930. The van der Waals surface area contributed by atoms with Crippen LogP contribution in [0, 0.1) is 0 Å². The Bertz CT molecular complexity index is 331. The molecule has 1 unspecified atom stereocenters. The van der Waals surface area contributed by atoms with Crippen LogP contribution >= 0.6 is 12.2 Å². The van der Waals surface area contributed by atoms with E-state index in [1.54, 1.807) is 0 Å². The van der Waals surface area contributed by atoms with E-state index in [0.29, 0.717) is 4.99 Å². The molecular formula is C12H16N2S. The van der Waals surface area contributed by atoms with Crippen molar-refractivity contribution in [3.8, 4) is 0 Å². The predicted octanol–water partition coefficient (Wildman–Crippen LogP) is 2.11. The Morgan fingerprint density at radius 3 is 2.33 bits per heavy atom. The number of rotatable bonds is 3. The van der Waals surface area contributed by atoms with Gasteiger partial charge in [0.15, 0.2) is 0 Å². The lowest BCUT2D eigenvalue weighted by Gasteiger charge is -2.26. The fourth-order valence-corrected chi connectivity index (χ4v) is 2.48. The summed E-state index contributed by atoms with van der Waals surface area (Å²) in [6, 6.07) is 10.4. The topological polar surface area (TPSA) is 29.3 Å². The van der Waals surface area contributed by atoms with E-state index in [2.05, 4.69) is 17.0 Å². The molecule has 0 spiro atoms. The maximum absolute atomic E-state index is 5.84. The van der Waals surface area contributed by atoms with Gasteiger partial charge in [-0.3, -0.25) is 4.90 Å². The van der Waals surface area contributed by atoms with E-state index >= 15 is 0 Å². The van der Waals surface area contributed by atoms with Gasteiger partial charge in [-0.05, 0) is 31.5 Å². The molecule has 1 heterocycles. The van der Waals surface area contributed by atoms with Gasteiger partial charge in [0.05, 0.1) is 11.0 Å². The van der Waals surface area contributed by atoms with Gasteiger partial charge in [-0.1, -0.05) is 42.5 Å². The van der Waals surface area contributed by atoms with E-state index in [4.69, 9.17) is 18.0 Å². The van der Waals surface area contributed by atoms with Gasteiger partial charge >= 0.3 is 0 Å². The van der Waals surface area contributed by atoms with Gasteiger partial charge in [-0.15, -0.1) is 0 Å². The molecule has 1 aliphatic rings. The van der Waals surface area contributed by atoms with Gasteiger partial charge in [0.25, 0.3) is 0 Å². The molecule has 1 aromatic rings. The van der Waals surface area contributed by atoms with Crippen LogP contribution in [0.3, 0.4) is 0 Å². The summed E-state index contributed by atoms with van der Waals surface area (Å²) >= 11 is 5.17. The van der Waals surface area contributed by atoms with Crippen LogP contribution in [0.25, 0.3) is 0 Å². The number of nitrogens with two attached hydrogens (primary N) is 1. The zero-order valence-electron chi connectivity index (χ0n) is 8.73. The third-order valence-corrected chi connectivity index (χ3v) is 3.11. The van der Waals surface area contributed by atoms with E-state index in [1.165, 1.54) is 18.4 Å². The summed E-state index contributed by atoms with van der Waals surface area (Å²) in [6.07, 6.45) is 2.51. The predicted molar refractivity (Wildman–Crippen MR) is 66.8 cm³/mol. The lowest BCUT2D eigenvalue weighted by Crippen LogP contribution is -2.34. The molecule has 1 aromatic carbocycles. The minimum absolute atomic E-state index is 0.128. The number of likely N-dealkylation sites (tertiary alicyclic amines) is 1. The summed E-state index contributed by atoms with van der Waals surface area (Å²) in [4.78, 5) is 2.96. The van der Waals surface area contributed by atoms with Crippen molar-refractivity contribution in [2.45, 2.75) is 18.9 Å². The molecule has 3 heteroatoms. The highest BCUT2D eigenvalue weighted by molar-refractivity contribution is 7.80. The minimum atomic E-state index is 0.128. The second kappa shape index (κ2) is 4.73. The third kappa shape index (κ3) is 2.36. The SMILES string of the molecule is NC(=S)C(c1ccccc1)N1CCCC1. The van der Waals surface area contributed by atoms with Crippen LogP contribution in [0.4, 0.5) is 0 Å². The first kappa shape index (κ1) is 10.6. The van der Waals surface area contributed by atoms with Crippen molar-refractivity contribution in [1.29, 1.82) is 0 Å². The average molecular weight is 220 g/mol. The van der Waals surface area contributed by atoms with E-state index in [0.717, 1.165) is 13.1 Å². The Balaban J connectivity index is 2.23. The molecule has 0 saturated carbocycles. The molecule has 0 radical (unpaired) electrons. The molecule has 0 bridgehead atoms. The molecule has 1 atom stereocenters. The summed E-state index contributed by atoms with van der Waals surface area (Å²) in [5.41, 5.74) is 7.05. The zero-order chi connectivity index (χ0) is 10.7. The molecule has 0 aromatic heterocycles. The first-order chi connectivity index (χ1) is 7.29. The fourth-order valence-electron chi connectivity index (χ4n) is 2.19. The lowest BCUT2D eigenvalue weighted by molar-refractivity contribution is 0.305. The molecule has 1 fully saturated rings. The van der Waals surface area contributed by atoms with Crippen LogP contribution < -0.4 is 5.73 Å². The quantitative estimate of drug-likeness (QED) is 0.791. The second-order valence-electron chi connectivity index (χ2n) is 3.96. The number of nitrogens with zero attached hydrogens (tertiary/aromatic N) is 1. The van der Waals surface area contributed by atoms with Crippen molar-refractivity contribution in [2.75, 3.05) is 13.1 Å². The number of hydrogen-bond donors (Lipinski definition) is 1. The average Bonchev–Trinajstić information content (AvgIpc) is 2.72. The van der Waals surface area contributed by atoms with Gasteiger partial charge in [0.2, 0.25) is 0 Å². The fraction of sp³-hybridized carbons (Fsp3) is 0.417. The normalized spacial score (nSPS) is 18.9. The Morgan fingerprint density at radius 1 is 1.20 bits per heavy atom. The van der Waals surface area contributed by atoms with Crippen LogP contribution in [0.15, 0.2) is 30.3 Å². The molecule has 0 aliphatic carbocycles. The lowest BCUT2D eigenvalue weighted by atomic mass is 10.1. The van der Waals surface area contributed by atoms with E-state index in [1.807, 2.05) is 18.2 Å². The van der Waals surface area contributed by atoms with Crippen LogP contribution in [0.2, 0.25) is 0 Å². The molecule has 1 aliphatic heterocycles. The number of hydrogen-bond acceptors (Lipinski definition) is 2. The highest BCUT2D eigenvalue weighted by Crippen LogP contribution is 2.24. The molecular weight excluding hydrogens is 204 g/mol. The molecule has 0 amide bonds. The van der Waals surface area contributed by atoms with Crippen molar-refractivity contribution in [3.63, 3.8) is 0 Å². The van der Waals surface area contributed by atoms with Crippen molar-refractivity contribution in [2.24, 2.45) is 5.73 Å². The molecule has 2 rings (SSSR count). The monoisotopic (exact) mass is 220 g/mol. The maximum Gasteiger partial charge on any atom is 0.0948 e. The smallest absolute Gasteiger partial charge is 0.0948 e. The summed E-state index contributed by atoms with van der Waals surface area (Å²) in [5, 5.41) is 0. The third-order valence-electron chi connectivity index (χ3n) is 2.89. The largest absolute Gasteiger partial charge is 0.392 e. The molecule has 80 valence electrons. The van der Waals surface area contributed by atoms with E-state index < -0.39 is 0 Å². The first-order valence-electron chi connectivity index (χ1n) is 5.37. The summed E-state index contributed by atoms with van der Waals surface area (Å²) < 4.78 is 0. The van der Waals surface area contributed by atoms with Crippen LogP contribution in [-0.4, -0.2) is 23.0 Å². The Morgan fingerprint density at radius 2 is 1.80 bits per heavy atom.